The third-order valence-electron chi connectivity index (χ3n) is 3.54. The lowest BCUT2D eigenvalue weighted by Crippen LogP contribution is -2.54. The minimum atomic E-state index is -1.13. The summed E-state index contributed by atoms with van der Waals surface area (Å²) in [6.45, 7) is 3.37. The number of amides is 3. The number of carbonyl (C=O) groups is 4. The highest BCUT2D eigenvalue weighted by Crippen LogP contribution is 2.07. The topological polar surface area (TPSA) is 151 Å². The van der Waals surface area contributed by atoms with Crippen LogP contribution >= 0.6 is 24.4 Å². The van der Waals surface area contributed by atoms with E-state index in [4.69, 9.17) is 5.73 Å². The molecule has 0 rings (SSSR count). The van der Waals surface area contributed by atoms with E-state index in [0.29, 0.717) is 12.2 Å². The molecule has 3 atom stereocenters. The van der Waals surface area contributed by atoms with Crippen LogP contribution in [0, 0.1) is 5.92 Å². The fourth-order valence-electron chi connectivity index (χ4n) is 2.10. The lowest BCUT2D eigenvalue weighted by molar-refractivity contribution is -0.142. The third kappa shape index (κ3) is 11.1. The van der Waals surface area contributed by atoms with Crippen LogP contribution in [0.1, 0.15) is 26.7 Å². The van der Waals surface area contributed by atoms with E-state index < -0.39 is 41.8 Å². The van der Waals surface area contributed by atoms with E-state index in [2.05, 4.69) is 28.6 Å². The first-order chi connectivity index (χ1) is 12.6. The van der Waals surface area contributed by atoms with Gasteiger partial charge >= 0.3 is 5.97 Å². The number of hydrogen-bond donors (Lipinski definition) is 6. The summed E-state index contributed by atoms with van der Waals surface area (Å²) in [5.41, 5.74) is 5.50. The minimum Gasteiger partial charge on any atom is -0.480 e. The predicted molar refractivity (Wildman–Crippen MR) is 109 cm³/mol. The molecule has 0 bridgehead atoms. The van der Waals surface area contributed by atoms with Gasteiger partial charge in [0.05, 0.1) is 12.6 Å². The number of thiol groups is 1. The van der Waals surface area contributed by atoms with Crippen LogP contribution in [0.4, 0.5) is 0 Å². The van der Waals surface area contributed by atoms with E-state index >= 15 is 0 Å². The first kappa shape index (κ1) is 25.5. The van der Waals surface area contributed by atoms with E-state index in [9.17, 15) is 24.3 Å². The van der Waals surface area contributed by atoms with Crippen LogP contribution in [0.5, 0.6) is 0 Å². The molecule has 156 valence electrons. The van der Waals surface area contributed by atoms with Crippen molar-refractivity contribution in [3.63, 3.8) is 0 Å². The number of carboxylic acid groups (broad SMARTS) is 1. The molecule has 0 heterocycles. The summed E-state index contributed by atoms with van der Waals surface area (Å²) in [5, 5.41) is 16.6. The Morgan fingerprint density at radius 2 is 1.74 bits per heavy atom. The summed E-state index contributed by atoms with van der Waals surface area (Å²) in [7, 11) is 0. The van der Waals surface area contributed by atoms with Crippen molar-refractivity contribution in [2.75, 3.05) is 24.3 Å². The molecule has 0 aromatic carbocycles. The summed E-state index contributed by atoms with van der Waals surface area (Å²) in [6.07, 6.45) is 2.47. The Morgan fingerprint density at radius 3 is 2.22 bits per heavy atom. The van der Waals surface area contributed by atoms with Crippen molar-refractivity contribution in [2.24, 2.45) is 11.7 Å². The summed E-state index contributed by atoms with van der Waals surface area (Å²) in [5.74, 6) is -1.96. The highest BCUT2D eigenvalue weighted by Gasteiger charge is 2.27. The molecular formula is C16H30N4O5S2. The van der Waals surface area contributed by atoms with Crippen molar-refractivity contribution in [3.8, 4) is 0 Å². The highest BCUT2D eigenvalue weighted by atomic mass is 32.2. The van der Waals surface area contributed by atoms with Crippen molar-refractivity contribution in [1.29, 1.82) is 0 Å². The molecule has 0 saturated carbocycles. The standard InChI is InChI=1S/C16H30N4O5S2/c1-9(2)6-12(16(24)25)20-15(23)11(4-5-27-3)19-13(21)7-18-14(22)10(17)8-26/h9-12,26H,4-8,17H2,1-3H3,(H,18,22)(H,19,21)(H,20,23)(H,24,25). The molecule has 0 aromatic heterocycles. The van der Waals surface area contributed by atoms with Crippen molar-refractivity contribution in [3.05, 3.63) is 0 Å². The molecule has 27 heavy (non-hydrogen) atoms. The van der Waals surface area contributed by atoms with Gasteiger partial charge in [0.25, 0.3) is 0 Å². The van der Waals surface area contributed by atoms with Gasteiger partial charge in [0.1, 0.15) is 12.1 Å². The number of carboxylic acids is 1. The molecule has 11 heteroatoms. The summed E-state index contributed by atoms with van der Waals surface area (Å²) in [4.78, 5) is 47.4. The zero-order valence-corrected chi connectivity index (χ0v) is 17.6. The fraction of sp³-hybridized carbons (Fsp3) is 0.750. The predicted octanol–water partition coefficient (Wildman–Crippen LogP) is -0.787. The first-order valence-corrected chi connectivity index (χ1v) is 10.6. The molecule has 0 aliphatic carbocycles. The maximum Gasteiger partial charge on any atom is 0.326 e. The third-order valence-corrected chi connectivity index (χ3v) is 4.58. The van der Waals surface area contributed by atoms with Crippen LogP contribution < -0.4 is 21.7 Å². The fourth-order valence-corrected chi connectivity index (χ4v) is 2.73. The lowest BCUT2D eigenvalue weighted by atomic mass is 10.0. The van der Waals surface area contributed by atoms with E-state index in [1.54, 1.807) is 0 Å². The smallest absolute Gasteiger partial charge is 0.326 e. The van der Waals surface area contributed by atoms with Gasteiger partial charge < -0.3 is 26.8 Å². The molecule has 0 aliphatic heterocycles. The Labute approximate surface area is 169 Å². The molecule has 0 spiro atoms. The van der Waals surface area contributed by atoms with Crippen molar-refractivity contribution in [2.45, 2.75) is 44.8 Å². The molecule has 0 fully saturated rings. The Morgan fingerprint density at radius 1 is 1.11 bits per heavy atom. The van der Waals surface area contributed by atoms with Crippen LogP contribution in [0.25, 0.3) is 0 Å². The first-order valence-electron chi connectivity index (χ1n) is 8.57. The van der Waals surface area contributed by atoms with Gasteiger partial charge in [-0.15, -0.1) is 0 Å². The number of nitrogens with two attached hydrogens (primary N) is 1. The van der Waals surface area contributed by atoms with Gasteiger partial charge in [0, 0.05) is 5.75 Å². The zero-order valence-electron chi connectivity index (χ0n) is 15.9. The van der Waals surface area contributed by atoms with Crippen LogP contribution in [0.15, 0.2) is 0 Å². The van der Waals surface area contributed by atoms with E-state index in [-0.39, 0.29) is 24.6 Å². The van der Waals surface area contributed by atoms with Gasteiger partial charge in [-0.1, -0.05) is 13.8 Å². The minimum absolute atomic E-state index is 0.0805. The normalized spacial score (nSPS) is 14.1. The van der Waals surface area contributed by atoms with Gasteiger partial charge in [-0.25, -0.2) is 4.79 Å². The number of thioether (sulfide) groups is 1. The van der Waals surface area contributed by atoms with E-state index in [1.165, 1.54) is 11.8 Å². The monoisotopic (exact) mass is 422 g/mol. The van der Waals surface area contributed by atoms with Crippen LogP contribution in [-0.2, 0) is 19.2 Å². The second-order valence-electron chi connectivity index (χ2n) is 6.44. The number of rotatable bonds is 13. The van der Waals surface area contributed by atoms with Crippen LogP contribution in [0.2, 0.25) is 0 Å². The van der Waals surface area contributed by atoms with Gasteiger partial charge in [-0.2, -0.15) is 24.4 Å². The Hall–Kier alpha value is -1.46. The average Bonchev–Trinajstić information content (AvgIpc) is 2.61. The molecule has 3 amide bonds. The lowest BCUT2D eigenvalue weighted by Gasteiger charge is -2.22. The quantitative estimate of drug-likeness (QED) is 0.213. The molecule has 9 nitrogen and oxygen atoms in total. The van der Waals surface area contributed by atoms with Crippen molar-refractivity contribution >= 4 is 48.1 Å². The molecule has 0 radical (unpaired) electrons. The molecular weight excluding hydrogens is 392 g/mol. The Balaban J connectivity index is 4.84. The Kier molecular flexibility index (Phi) is 12.9. The van der Waals surface area contributed by atoms with Gasteiger partial charge in [0.2, 0.25) is 17.7 Å². The second kappa shape index (κ2) is 13.7. The molecule has 0 aliphatic rings. The maximum atomic E-state index is 12.5. The van der Waals surface area contributed by atoms with Crippen LogP contribution in [0.3, 0.4) is 0 Å². The van der Waals surface area contributed by atoms with E-state index in [1.807, 2.05) is 20.1 Å². The van der Waals surface area contributed by atoms with E-state index in [0.717, 1.165) is 0 Å². The zero-order chi connectivity index (χ0) is 21.0. The number of nitrogens with one attached hydrogen (secondary N) is 3. The summed E-state index contributed by atoms with van der Waals surface area (Å²) < 4.78 is 0. The number of aliphatic carboxylic acids is 1. The second-order valence-corrected chi connectivity index (χ2v) is 7.79. The number of hydrogen-bond acceptors (Lipinski definition) is 7. The molecule has 0 saturated heterocycles. The van der Waals surface area contributed by atoms with Crippen molar-refractivity contribution < 1.29 is 24.3 Å². The SMILES string of the molecule is CSCCC(NC(=O)CNC(=O)C(N)CS)C(=O)NC(CC(C)C)C(=O)O. The largest absolute Gasteiger partial charge is 0.480 e. The molecule has 6 N–H and O–H groups in total. The maximum absolute atomic E-state index is 12.5. The average molecular weight is 423 g/mol. The van der Waals surface area contributed by atoms with Gasteiger partial charge in [-0.3, -0.25) is 14.4 Å². The highest BCUT2D eigenvalue weighted by molar-refractivity contribution is 7.98. The van der Waals surface area contributed by atoms with Crippen LogP contribution in [-0.4, -0.2) is 71.2 Å². The van der Waals surface area contributed by atoms with Gasteiger partial charge in [0.15, 0.2) is 0 Å². The molecule has 0 aromatic rings. The Bertz CT molecular complexity index is 519. The van der Waals surface area contributed by atoms with Crippen molar-refractivity contribution in [1.82, 2.24) is 16.0 Å². The van der Waals surface area contributed by atoms with Gasteiger partial charge in [-0.05, 0) is 30.8 Å². The summed E-state index contributed by atoms with van der Waals surface area (Å²) in [6, 6.07) is -2.75. The molecule has 3 unspecified atom stereocenters. The summed E-state index contributed by atoms with van der Waals surface area (Å²) >= 11 is 5.40. The number of carbonyl (C=O) groups excluding carboxylic acids is 3.